The van der Waals surface area contributed by atoms with Gasteiger partial charge in [0, 0.05) is 16.0 Å². The van der Waals surface area contributed by atoms with Gasteiger partial charge in [0.05, 0.1) is 0 Å². The van der Waals surface area contributed by atoms with E-state index < -0.39 is 17.4 Å². The van der Waals surface area contributed by atoms with E-state index in [0.717, 1.165) is 0 Å². The zero-order chi connectivity index (χ0) is 11.9. The lowest BCUT2D eigenvalue weighted by molar-refractivity contribution is -0.139. The third kappa shape index (κ3) is 1.54. The molecule has 0 heterocycles. The van der Waals surface area contributed by atoms with E-state index >= 15 is 0 Å². The lowest BCUT2D eigenvalue weighted by Crippen LogP contribution is -2.42. The molecule has 16 heavy (non-hydrogen) atoms. The van der Waals surface area contributed by atoms with E-state index in [2.05, 4.69) is 0 Å². The van der Waals surface area contributed by atoms with Crippen LogP contribution in [-0.2, 0) is 10.2 Å². The van der Waals surface area contributed by atoms with E-state index in [9.17, 15) is 9.90 Å². The molecule has 2 rings (SSSR count). The number of hydrogen-bond acceptors (Lipinski definition) is 3. The van der Waals surface area contributed by atoms with Crippen LogP contribution < -0.4 is 5.73 Å². The topological polar surface area (TPSA) is 83.6 Å². The van der Waals surface area contributed by atoms with Crippen LogP contribution >= 0.6 is 11.6 Å². The monoisotopic (exact) mass is 241 g/mol. The van der Waals surface area contributed by atoms with Gasteiger partial charge in [-0.2, -0.15) is 0 Å². The van der Waals surface area contributed by atoms with Gasteiger partial charge in [-0.05, 0) is 25.0 Å². The molecule has 0 spiro atoms. The molecule has 86 valence electrons. The predicted octanol–water partition coefficient (Wildman–Crippen LogP) is 1.49. The molecule has 1 saturated carbocycles. The first-order valence-corrected chi connectivity index (χ1v) is 5.33. The maximum absolute atomic E-state index is 10.9. The van der Waals surface area contributed by atoms with Gasteiger partial charge in [-0.3, -0.25) is 4.79 Å². The first-order chi connectivity index (χ1) is 7.49. The van der Waals surface area contributed by atoms with Crippen molar-refractivity contribution in [2.45, 2.75) is 24.3 Å². The SMILES string of the molecule is NC(C(=O)O)C1(c2c(O)cccc2Cl)CC1. The fourth-order valence-electron chi connectivity index (χ4n) is 2.09. The Morgan fingerprint density at radius 1 is 1.50 bits per heavy atom. The number of aromatic hydroxyl groups is 1. The fourth-order valence-corrected chi connectivity index (χ4v) is 2.45. The van der Waals surface area contributed by atoms with E-state index in [1.54, 1.807) is 12.1 Å². The maximum Gasteiger partial charge on any atom is 0.321 e. The summed E-state index contributed by atoms with van der Waals surface area (Å²) in [6, 6.07) is 3.71. The Labute approximate surface area is 97.6 Å². The number of phenolic OH excluding ortho intramolecular Hbond substituents is 1. The molecule has 1 fully saturated rings. The molecule has 1 aliphatic carbocycles. The summed E-state index contributed by atoms with van der Waals surface area (Å²) in [5.74, 6) is -1.06. The van der Waals surface area contributed by atoms with Crippen molar-refractivity contribution in [2.24, 2.45) is 5.73 Å². The van der Waals surface area contributed by atoms with Crippen LogP contribution in [0.1, 0.15) is 18.4 Å². The van der Waals surface area contributed by atoms with E-state index in [1.165, 1.54) is 6.07 Å². The zero-order valence-electron chi connectivity index (χ0n) is 8.48. The van der Waals surface area contributed by atoms with Crippen molar-refractivity contribution in [2.75, 3.05) is 0 Å². The smallest absolute Gasteiger partial charge is 0.321 e. The number of phenols is 1. The van der Waals surface area contributed by atoms with Gasteiger partial charge in [0.15, 0.2) is 0 Å². The number of aliphatic carboxylic acids is 1. The van der Waals surface area contributed by atoms with E-state index in [4.69, 9.17) is 22.4 Å². The number of halogens is 1. The summed E-state index contributed by atoms with van der Waals surface area (Å²) in [5.41, 5.74) is 5.42. The third-order valence-corrected chi connectivity index (χ3v) is 3.45. The Bertz CT molecular complexity index is 423. The molecule has 1 aliphatic rings. The summed E-state index contributed by atoms with van der Waals surface area (Å²) >= 11 is 5.99. The Kier molecular flexibility index (Phi) is 2.56. The molecule has 0 amide bonds. The number of hydrogen-bond donors (Lipinski definition) is 3. The molecule has 1 unspecified atom stereocenters. The standard InChI is InChI=1S/C11H12ClNO3/c12-6-2-1-3-7(14)8(6)11(4-5-11)9(13)10(15)16/h1-3,9,14H,4-5,13H2,(H,15,16). The number of benzene rings is 1. The first-order valence-electron chi connectivity index (χ1n) is 4.95. The van der Waals surface area contributed by atoms with Gasteiger partial charge in [0.25, 0.3) is 0 Å². The fraction of sp³-hybridized carbons (Fsp3) is 0.364. The molecule has 1 aromatic rings. The predicted molar refractivity (Wildman–Crippen MR) is 59.6 cm³/mol. The minimum Gasteiger partial charge on any atom is -0.508 e. The van der Waals surface area contributed by atoms with Crippen LogP contribution in [0.2, 0.25) is 5.02 Å². The third-order valence-electron chi connectivity index (χ3n) is 3.14. The second-order valence-electron chi connectivity index (χ2n) is 4.11. The summed E-state index contributed by atoms with van der Waals surface area (Å²) in [5, 5.41) is 19.1. The molecular formula is C11H12ClNO3. The number of carbonyl (C=O) groups is 1. The quantitative estimate of drug-likeness (QED) is 0.749. The van der Waals surface area contributed by atoms with Gasteiger partial charge in [-0.1, -0.05) is 17.7 Å². The lowest BCUT2D eigenvalue weighted by atomic mass is 9.87. The number of carboxylic acid groups (broad SMARTS) is 1. The summed E-state index contributed by atoms with van der Waals surface area (Å²) in [4.78, 5) is 10.9. The van der Waals surface area contributed by atoms with Gasteiger partial charge < -0.3 is 15.9 Å². The molecule has 4 N–H and O–H groups in total. The van der Waals surface area contributed by atoms with Gasteiger partial charge in [-0.25, -0.2) is 0 Å². The number of carboxylic acids is 1. The average Bonchev–Trinajstić information content (AvgIpc) is 2.97. The molecular weight excluding hydrogens is 230 g/mol. The van der Waals surface area contributed by atoms with Gasteiger partial charge in [-0.15, -0.1) is 0 Å². The van der Waals surface area contributed by atoms with E-state index in [-0.39, 0.29) is 5.75 Å². The Morgan fingerprint density at radius 3 is 2.56 bits per heavy atom. The van der Waals surface area contributed by atoms with Gasteiger partial charge in [0.2, 0.25) is 0 Å². The van der Waals surface area contributed by atoms with Crippen LogP contribution in [0, 0.1) is 0 Å². The minimum atomic E-state index is -1.07. The van der Waals surface area contributed by atoms with Gasteiger partial charge in [0.1, 0.15) is 11.8 Å². The molecule has 0 saturated heterocycles. The molecule has 5 heteroatoms. The average molecular weight is 242 g/mol. The Hall–Kier alpha value is -1.26. The first kappa shape index (κ1) is 11.2. The van der Waals surface area contributed by atoms with E-state index in [1.807, 2.05) is 0 Å². The molecule has 0 radical (unpaired) electrons. The Balaban J connectivity index is 2.48. The van der Waals surface area contributed by atoms with E-state index in [0.29, 0.717) is 23.4 Å². The molecule has 1 atom stereocenters. The lowest BCUT2D eigenvalue weighted by Gasteiger charge is -2.22. The van der Waals surface area contributed by atoms with Crippen molar-refractivity contribution >= 4 is 17.6 Å². The highest BCUT2D eigenvalue weighted by Crippen LogP contribution is 2.55. The highest BCUT2D eigenvalue weighted by Gasteiger charge is 2.54. The van der Waals surface area contributed by atoms with Crippen molar-refractivity contribution in [1.29, 1.82) is 0 Å². The highest BCUT2D eigenvalue weighted by molar-refractivity contribution is 6.31. The molecule has 0 aromatic heterocycles. The molecule has 0 bridgehead atoms. The van der Waals surface area contributed by atoms with Gasteiger partial charge >= 0.3 is 5.97 Å². The second kappa shape index (κ2) is 3.64. The van der Waals surface area contributed by atoms with Crippen molar-refractivity contribution in [3.05, 3.63) is 28.8 Å². The summed E-state index contributed by atoms with van der Waals surface area (Å²) in [6.07, 6.45) is 1.27. The summed E-state index contributed by atoms with van der Waals surface area (Å²) < 4.78 is 0. The summed E-state index contributed by atoms with van der Waals surface area (Å²) in [6.45, 7) is 0. The van der Waals surface area contributed by atoms with Crippen LogP contribution in [0.5, 0.6) is 5.75 Å². The number of nitrogens with two attached hydrogens (primary N) is 1. The van der Waals surface area contributed by atoms with Crippen LogP contribution in [-0.4, -0.2) is 22.2 Å². The molecule has 0 aliphatic heterocycles. The second-order valence-corrected chi connectivity index (χ2v) is 4.51. The van der Waals surface area contributed by atoms with Crippen molar-refractivity contribution in [3.63, 3.8) is 0 Å². The zero-order valence-corrected chi connectivity index (χ0v) is 9.24. The number of rotatable bonds is 3. The maximum atomic E-state index is 10.9. The Morgan fingerprint density at radius 2 is 2.12 bits per heavy atom. The van der Waals surface area contributed by atoms with Crippen LogP contribution in [0.3, 0.4) is 0 Å². The van der Waals surface area contributed by atoms with Crippen LogP contribution in [0.4, 0.5) is 0 Å². The van der Waals surface area contributed by atoms with Crippen molar-refractivity contribution in [3.8, 4) is 5.75 Å². The van der Waals surface area contributed by atoms with Crippen molar-refractivity contribution in [1.82, 2.24) is 0 Å². The normalized spacial score (nSPS) is 19.1. The highest BCUT2D eigenvalue weighted by atomic mass is 35.5. The minimum absolute atomic E-state index is 0.0155. The summed E-state index contributed by atoms with van der Waals surface area (Å²) in [7, 11) is 0. The largest absolute Gasteiger partial charge is 0.508 e. The molecule has 4 nitrogen and oxygen atoms in total. The van der Waals surface area contributed by atoms with Crippen molar-refractivity contribution < 1.29 is 15.0 Å². The van der Waals surface area contributed by atoms with Crippen LogP contribution in [0.25, 0.3) is 0 Å². The molecule has 1 aromatic carbocycles. The van der Waals surface area contributed by atoms with Crippen LogP contribution in [0.15, 0.2) is 18.2 Å².